The minimum atomic E-state index is -0.434. The summed E-state index contributed by atoms with van der Waals surface area (Å²) in [6, 6.07) is 7.40. The Morgan fingerprint density at radius 2 is 2.08 bits per heavy atom. The third-order valence-corrected chi connectivity index (χ3v) is 4.86. The molecule has 1 saturated carbocycles. The summed E-state index contributed by atoms with van der Waals surface area (Å²) in [6.07, 6.45) is 6.09. The molecule has 0 spiro atoms. The normalized spacial score (nSPS) is 16.2. The van der Waals surface area contributed by atoms with E-state index in [1.807, 2.05) is 18.2 Å². The zero-order valence-electron chi connectivity index (χ0n) is 13.4. The summed E-state index contributed by atoms with van der Waals surface area (Å²) < 4.78 is 5.70. The van der Waals surface area contributed by atoms with E-state index in [2.05, 4.69) is 10.3 Å². The molecule has 1 aliphatic rings. The summed E-state index contributed by atoms with van der Waals surface area (Å²) in [7, 11) is 0. The number of benzene rings is 1. The van der Waals surface area contributed by atoms with Crippen molar-refractivity contribution in [2.75, 3.05) is 6.61 Å². The number of oxazole rings is 1. The van der Waals surface area contributed by atoms with E-state index in [0.29, 0.717) is 23.1 Å². The number of hydrogen-bond acceptors (Lipinski definition) is 4. The van der Waals surface area contributed by atoms with Crippen molar-refractivity contribution in [2.45, 2.75) is 44.1 Å². The third kappa shape index (κ3) is 3.79. The van der Waals surface area contributed by atoms with Gasteiger partial charge in [-0.1, -0.05) is 36.6 Å². The van der Waals surface area contributed by atoms with Gasteiger partial charge in [-0.15, -0.1) is 0 Å². The second-order valence-electron chi connectivity index (χ2n) is 6.29. The molecule has 2 N–H and O–H groups in total. The molecule has 1 aliphatic carbocycles. The SMILES string of the molecule is O=C(CCc1ncc(-c2ccccc2Cl)o1)NC1(CO)CCCC1. The smallest absolute Gasteiger partial charge is 0.221 e. The van der Waals surface area contributed by atoms with Crippen LogP contribution in [-0.2, 0) is 11.2 Å². The molecular weight excluding hydrogens is 328 g/mol. The fourth-order valence-electron chi connectivity index (χ4n) is 3.16. The van der Waals surface area contributed by atoms with Crippen LogP contribution in [0.3, 0.4) is 0 Å². The summed E-state index contributed by atoms with van der Waals surface area (Å²) in [5.41, 5.74) is 0.351. The molecule has 1 fully saturated rings. The Kier molecular flexibility index (Phi) is 5.21. The molecule has 1 aromatic carbocycles. The molecule has 1 heterocycles. The van der Waals surface area contributed by atoms with Crippen molar-refractivity contribution in [2.24, 2.45) is 0 Å². The van der Waals surface area contributed by atoms with Crippen LogP contribution in [0.25, 0.3) is 11.3 Å². The fraction of sp³-hybridized carbons (Fsp3) is 0.444. The van der Waals surface area contributed by atoms with Gasteiger partial charge in [-0.05, 0) is 25.0 Å². The first-order chi connectivity index (χ1) is 11.6. The van der Waals surface area contributed by atoms with E-state index in [1.165, 1.54) is 0 Å². The molecule has 128 valence electrons. The molecule has 0 radical (unpaired) electrons. The van der Waals surface area contributed by atoms with Gasteiger partial charge in [0.2, 0.25) is 5.91 Å². The average molecular weight is 349 g/mol. The maximum absolute atomic E-state index is 12.2. The van der Waals surface area contributed by atoms with Crippen molar-refractivity contribution in [3.8, 4) is 11.3 Å². The monoisotopic (exact) mass is 348 g/mol. The van der Waals surface area contributed by atoms with Gasteiger partial charge in [0.05, 0.1) is 23.4 Å². The number of carbonyl (C=O) groups excluding carboxylic acids is 1. The minimum absolute atomic E-state index is 0.00556. The second-order valence-corrected chi connectivity index (χ2v) is 6.70. The van der Waals surface area contributed by atoms with Crippen LogP contribution in [0.4, 0.5) is 0 Å². The summed E-state index contributed by atoms with van der Waals surface area (Å²) in [5, 5.41) is 13.1. The van der Waals surface area contributed by atoms with Gasteiger partial charge < -0.3 is 14.8 Å². The maximum atomic E-state index is 12.2. The first kappa shape index (κ1) is 17.0. The Balaban J connectivity index is 1.58. The number of aliphatic hydroxyl groups is 1. The lowest BCUT2D eigenvalue weighted by atomic mass is 9.98. The Labute approximate surface area is 146 Å². The number of nitrogens with one attached hydrogen (secondary N) is 1. The van der Waals surface area contributed by atoms with E-state index in [9.17, 15) is 9.90 Å². The molecule has 0 saturated heterocycles. The van der Waals surface area contributed by atoms with Crippen molar-refractivity contribution in [1.29, 1.82) is 0 Å². The maximum Gasteiger partial charge on any atom is 0.221 e. The van der Waals surface area contributed by atoms with Gasteiger partial charge in [-0.3, -0.25) is 4.79 Å². The zero-order valence-corrected chi connectivity index (χ0v) is 14.2. The molecule has 0 atom stereocenters. The summed E-state index contributed by atoms with van der Waals surface area (Å²) in [5.74, 6) is 1.02. The largest absolute Gasteiger partial charge is 0.441 e. The minimum Gasteiger partial charge on any atom is -0.441 e. The van der Waals surface area contributed by atoms with Crippen LogP contribution in [-0.4, -0.2) is 28.1 Å². The highest BCUT2D eigenvalue weighted by Gasteiger charge is 2.34. The summed E-state index contributed by atoms with van der Waals surface area (Å²) in [4.78, 5) is 16.4. The molecular formula is C18H21ClN2O3. The van der Waals surface area contributed by atoms with Gasteiger partial charge >= 0.3 is 0 Å². The highest BCUT2D eigenvalue weighted by atomic mass is 35.5. The van der Waals surface area contributed by atoms with Crippen LogP contribution in [0.15, 0.2) is 34.9 Å². The Morgan fingerprint density at radius 3 is 2.79 bits per heavy atom. The van der Waals surface area contributed by atoms with E-state index >= 15 is 0 Å². The van der Waals surface area contributed by atoms with Gasteiger partial charge in [0.25, 0.3) is 0 Å². The quantitative estimate of drug-likeness (QED) is 0.839. The number of nitrogens with zero attached hydrogens (tertiary/aromatic N) is 1. The van der Waals surface area contributed by atoms with Gasteiger partial charge in [0.1, 0.15) is 0 Å². The fourth-order valence-corrected chi connectivity index (χ4v) is 3.39. The predicted octanol–water partition coefficient (Wildman–Crippen LogP) is 3.35. The molecule has 24 heavy (non-hydrogen) atoms. The third-order valence-electron chi connectivity index (χ3n) is 4.53. The molecule has 1 amide bonds. The standard InChI is InChI=1S/C18H21ClN2O3/c19-14-6-2-1-5-13(14)15-11-20-17(24-15)8-7-16(23)21-18(12-22)9-3-4-10-18/h1-2,5-6,11,22H,3-4,7-10,12H2,(H,21,23). The van der Waals surface area contributed by atoms with E-state index in [4.69, 9.17) is 16.0 Å². The average Bonchev–Trinajstić information content (AvgIpc) is 3.23. The molecule has 0 bridgehead atoms. The van der Waals surface area contributed by atoms with Crippen LogP contribution in [0.1, 0.15) is 38.0 Å². The highest BCUT2D eigenvalue weighted by molar-refractivity contribution is 6.33. The lowest BCUT2D eigenvalue weighted by molar-refractivity contribution is -0.123. The number of aryl methyl sites for hydroxylation is 1. The van der Waals surface area contributed by atoms with Crippen LogP contribution < -0.4 is 5.32 Å². The number of halogens is 1. The van der Waals surface area contributed by atoms with Crippen LogP contribution in [0.5, 0.6) is 0 Å². The van der Waals surface area contributed by atoms with Crippen molar-refractivity contribution < 1.29 is 14.3 Å². The number of aliphatic hydroxyl groups excluding tert-OH is 1. The summed E-state index contributed by atoms with van der Waals surface area (Å²) in [6.45, 7) is -0.00556. The molecule has 5 nitrogen and oxygen atoms in total. The Morgan fingerprint density at radius 1 is 1.33 bits per heavy atom. The molecule has 3 rings (SSSR count). The molecule has 1 aromatic heterocycles. The zero-order chi connectivity index (χ0) is 17.0. The van der Waals surface area contributed by atoms with Gasteiger partial charge in [0, 0.05) is 18.4 Å². The van der Waals surface area contributed by atoms with E-state index in [-0.39, 0.29) is 18.9 Å². The van der Waals surface area contributed by atoms with E-state index < -0.39 is 5.54 Å². The number of carbonyl (C=O) groups is 1. The van der Waals surface area contributed by atoms with Gasteiger partial charge in [-0.25, -0.2) is 4.98 Å². The molecule has 0 unspecified atom stereocenters. The molecule has 2 aromatic rings. The van der Waals surface area contributed by atoms with Crippen LogP contribution in [0, 0.1) is 0 Å². The van der Waals surface area contributed by atoms with Gasteiger partial charge in [-0.2, -0.15) is 0 Å². The van der Waals surface area contributed by atoms with E-state index in [0.717, 1.165) is 31.2 Å². The lowest BCUT2D eigenvalue weighted by Gasteiger charge is -2.27. The first-order valence-corrected chi connectivity index (χ1v) is 8.61. The molecule has 0 aliphatic heterocycles. The second kappa shape index (κ2) is 7.36. The van der Waals surface area contributed by atoms with Crippen molar-refractivity contribution >= 4 is 17.5 Å². The Hall–Kier alpha value is -1.85. The highest BCUT2D eigenvalue weighted by Crippen LogP contribution is 2.30. The van der Waals surface area contributed by atoms with Gasteiger partial charge in [0.15, 0.2) is 11.7 Å². The van der Waals surface area contributed by atoms with Crippen molar-refractivity contribution in [1.82, 2.24) is 10.3 Å². The molecule has 6 heteroatoms. The van der Waals surface area contributed by atoms with Crippen LogP contribution in [0.2, 0.25) is 5.02 Å². The summed E-state index contributed by atoms with van der Waals surface area (Å²) >= 11 is 6.15. The Bertz CT molecular complexity index is 708. The topological polar surface area (TPSA) is 75.4 Å². The predicted molar refractivity (Wildman–Crippen MR) is 91.7 cm³/mol. The van der Waals surface area contributed by atoms with Crippen molar-refractivity contribution in [3.05, 3.63) is 41.4 Å². The lowest BCUT2D eigenvalue weighted by Crippen LogP contribution is -2.49. The number of hydrogen-bond donors (Lipinski definition) is 2. The number of amides is 1. The van der Waals surface area contributed by atoms with Crippen LogP contribution >= 0.6 is 11.6 Å². The number of rotatable bonds is 6. The first-order valence-electron chi connectivity index (χ1n) is 8.23. The number of aromatic nitrogens is 1. The van der Waals surface area contributed by atoms with E-state index in [1.54, 1.807) is 12.3 Å². The van der Waals surface area contributed by atoms with Crippen molar-refractivity contribution in [3.63, 3.8) is 0 Å².